The van der Waals surface area contributed by atoms with E-state index in [1.807, 2.05) is 18.7 Å². The summed E-state index contributed by atoms with van der Waals surface area (Å²) in [6, 6.07) is 0. The van der Waals surface area contributed by atoms with Crippen LogP contribution in [0.15, 0.2) is 0 Å². The number of nitrogens with two attached hydrogens (primary N) is 2. The molecule has 0 saturated heterocycles. The average Bonchev–Trinajstić information content (AvgIpc) is 2.91. The third-order valence-electron chi connectivity index (χ3n) is 4.93. The van der Waals surface area contributed by atoms with E-state index in [0.717, 1.165) is 48.2 Å². The summed E-state index contributed by atoms with van der Waals surface area (Å²) in [5.74, 6) is -1.51. The van der Waals surface area contributed by atoms with Crippen molar-refractivity contribution < 1.29 is 9.90 Å². The summed E-state index contributed by atoms with van der Waals surface area (Å²) in [4.78, 5) is 13.8. The van der Waals surface area contributed by atoms with E-state index in [0.29, 0.717) is 11.4 Å². The van der Waals surface area contributed by atoms with Gasteiger partial charge in [-0.3, -0.25) is 15.4 Å². The fraction of sp³-hybridized carbons (Fsp3) is 0.611. The molecule has 1 aliphatic rings. The molecule has 1 heterocycles. The Labute approximate surface area is 144 Å². The Bertz CT molecular complexity index is 635. The highest BCUT2D eigenvalue weighted by molar-refractivity contribution is 6.04. The van der Waals surface area contributed by atoms with Gasteiger partial charge in [-0.1, -0.05) is 13.8 Å². The normalized spacial score (nSPS) is 16.2. The van der Waals surface area contributed by atoms with Gasteiger partial charge in [-0.2, -0.15) is 0 Å². The van der Waals surface area contributed by atoms with E-state index in [1.54, 1.807) is 0 Å². The maximum Gasteiger partial charge on any atom is 0.228 e. The SMILES string of the molecule is CCCN(CCC)C(N)(O)Cc1c(C)c(C)c(N)c2c1CC(=O)N2. The van der Waals surface area contributed by atoms with Crippen molar-refractivity contribution in [3.63, 3.8) is 0 Å². The third kappa shape index (κ3) is 3.41. The highest BCUT2D eigenvalue weighted by Gasteiger charge is 2.34. The summed E-state index contributed by atoms with van der Waals surface area (Å²) < 4.78 is 0. The van der Waals surface area contributed by atoms with Crippen molar-refractivity contribution in [2.75, 3.05) is 24.1 Å². The Morgan fingerprint density at radius 2 is 1.79 bits per heavy atom. The zero-order valence-electron chi connectivity index (χ0n) is 15.2. The number of nitrogens with one attached hydrogen (secondary N) is 1. The summed E-state index contributed by atoms with van der Waals surface area (Å²) >= 11 is 0. The van der Waals surface area contributed by atoms with Crippen molar-refractivity contribution in [1.82, 2.24) is 4.90 Å². The molecule has 0 bridgehead atoms. The molecular formula is C18H30N4O2. The molecule has 0 aliphatic carbocycles. The van der Waals surface area contributed by atoms with Gasteiger partial charge >= 0.3 is 0 Å². The molecule has 6 heteroatoms. The first-order valence-electron chi connectivity index (χ1n) is 8.69. The predicted molar refractivity (Wildman–Crippen MR) is 97.7 cm³/mol. The molecule has 1 atom stereocenters. The molecule has 1 aromatic carbocycles. The molecule has 2 rings (SSSR count). The first-order valence-corrected chi connectivity index (χ1v) is 8.69. The summed E-state index contributed by atoms with van der Waals surface area (Å²) in [6.07, 6.45) is 2.39. The zero-order valence-corrected chi connectivity index (χ0v) is 15.2. The van der Waals surface area contributed by atoms with Gasteiger partial charge in [-0.05, 0) is 48.9 Å². The molecule has 134 valence electrons. The van der Waals surface area contributed by atoms with Gasteiger partial charge in [0.1, 0.15) is 0 Å². The summed E-state index contributed by atoms with van der Waals surface area (Å²) in [5.41, 5.74) is 17.5. The number of nitrogen functional groups attached to an aromatic ring is 1. The standard InChI is InChI=1S/C18H30N4O2/c1-5-7-22(8-6-2)18(20,24)10-14-11(3)12(4)16(19)17-13(14)9-15(23)21-17/h24H,5-10,19-20H2,1-4H3,(H,21,23). The van der Waals surface area contributed by atoms with Crippen molar-refractivity contribution in [2.45, 2.75) is 59.2 Å². The van der Waals surface area contributed by atoms with Gasteiger partial charge in [0, 0.05) is 19.5 Å². The Morgan fingerprint density at radius 3 is 2.33 bits per heavy atom. The molecule has 0 spiro atoms. The minimum absolute atomic E-state index is 0.0671. The number of rotatable bonds is 7. The molecule has 6 nitrogen and oxygen atoms in total. The topological polar surface area (TPSA) is 105 Å². The third-order valence-corrected chi connectivity index (χ3v) is 4.93. The quantitative estimate of drug-likeness (QED) is 0.448. The Balaban J connectivity index is 2.44. The molecule has 0 aromatic heterocycles. The van der Waals surface area contributed by atoms with Gasteiger partial charge in [0.05, 0.1) is 17.8 Å². The van der Waals surface area contributed by atoms with Crippen molar-refractivity contribution in [1.29, 1.82) is 0 Å². The van der Waals surface area contributed by atoms with E-state index >= 15 is 0 Å². The molecule has 0 fully saturated rings. The lowest BCUT2D eigenvalue weighted by atomic mass is 9.90. The molecule has 0 radical (unpaired) electrons. The Kier molecular flexibility index (Phi) is 5.52. The number of hydrogen-bond acceptors (Lipinski definition) is 5. The Hall–Kier alpha value is -1.63. The van der Waals surface area contributed by atoms with Crippen LogP contribution in [0.3, 0.4) is 0 Å². The zero-order chi connectivity index (χ0) is 18.1. The molecule has 1 amide bonds. The van der Waals surface area contributed by atoms with Crippen LogP contribution in [0.25, 0.3) is 0 Å². The number of nitrogens with zero attached hydrogens (tertiary/aromatic N) is 1. The van der Waals surface area contributed by atoms with Crippen LogP contribution in [0.2, 0.25) is 0 Å². The lowest BCUT2D eigenvalue weighted by Crippen LogP contribution is -2.58. The smallest absolute Gasteiger partial charge is 0.228 e. The number of fused-ring (bicyclic) bond motifs is 1. The van der Waals surface area contributed by atoms with Crippen LogP contribution in [0.4, 0.5) is 11.4 Å². The van der Waals surface area contributed by atoms with E-state index < -0.39 is 5.85 Å². The van der Waals surface area contributed by atoms with Crippen molar-refractivity contribution >= 4 is 17.3 Å². The number of hydrogen-bond donors (Lipinski definition) is 4. The van der Waals surface area contributed by atoms with Gasteiger partial charge in [0.2, 0.25) is 5.91 Å². The minimum atomic E-state index is -1.45. The monoisotopic (exact) mass is 334 g/mol. The van der Waals surface area contributed by atoms with Crippen molar-refractivity contribution in [3.8, 4) is 0 Å². The first kappa shape index (κ1) is 18.7. The maximum absolute atomic E-state index is 11.9. The highest BCUT2D eigenvalue weighted by atomic mass is 16.3. The van der Waals surface area contributed by atoms with E-state index in [1.165, 1.54) is 0 Å². The summed E-state index contributed by atoms with van der Waals surface area (Å²) in [6.45, 7) is 9.50. The molecule has 1 aliphatic heterocycles. The second kappa shape index (κ2) is 7.09. The van der Waals surface area contributed by atoms with Crippen molar-refractivity contribution in [3.05, 3.63) is 22.3 Å². The number of aliphatic hydroxyl groups is 1. The fourth-order valence-corrected chi connectivity index (χ4v) is 3.49. The largest absolute Gasteiger partial charge is 0.397 e. The first-order chi connectivity index (χ1) is 11.2. The average molecular weight is 334 g/mol. The molecular weight excluding hydrogens is 304 g/mol. The van der Waals surface area contributed by atoms with E-state index in [4.69, 9.17) is 11.5 Å². The number of anilines is 2. The Morgan fingerprint density at radius 1 is 1.21 bits per heavy atom. The summed E-state index contributed by atoms with van der Waals surface area (Å²) in [5, 5.41) is 13.8. The number of carbonyl (C=O) groups is 1. The van der Waals surface area contributed by atoms with Crippen LogP contribution in [-0.2, 0) is 17.6 Å². The van der Waals surface area contributed by atoms with Crippen LogP contribution in [-0.4, -0.2) is 34.9 Å². The van der Waals surface area contributed by atoms with Crippen LogP contribution in [0, 0.1) is 13.8 Å². The summed E-state index contributed by atoms with van der Waals surface area (Å²) in [7, 11) is 0. The highest BCUT2D eigenvalue weighted by Crippen LogP contribution is 2.38. The van der Waals surface area contributed by atoms with Crippen LogP contribution in [0.1, 0.15) is 48.9 Å². The van der Waals surface area contributed by atoms with Gasteiger partial charge in [0.15, 0.2) is 5.85 Å². The number of benzene rings is 1. The van der Waals surface area contributed by atoms with Crippen LogP contribution < -0.4 is 16.8 Å². The van der Waals surface area contributed by atoms with Crippen LogP contribution >= 0.6 is 0 Å². The van der Waals surface area contributed by atoms with E-state index in [9.17, 15) is 9.90 Å². The van der Waals surface area contributed by atoms with Crippen LogP contribution in [0.5, 0.6) is 0 Å². The molecule has 6 N–H and O–H groups in total. The molecule has 1 unspecified atom stereocenters. The lowest BCUT2D eigenvalue weighted by Gasteiger charge is -2.37. The second-order valence-electron chi connectivity index (χ2n) is 6.76. The van der Waals surface area contributed by atoms with Gasteiger partial charge < -0.3 is 16.2 Å². The lowest BCUT2D eigenvalue weighted by molar-refractivity contribution is -0.115. The molecule has 24 heavy (non-hydrogen) atoms. The number of amides is 1. The molecule has 1 aromatic rings. The van der Waals surface area contributed by atoms with Crippen molar-refractivity contribution in [2.24, 2.45) is 5.73 Å². The fourth-order valence-electron chi connectivity index (χ4n) is 3.49. The maximum atomic E-state index is 11.9. The number of carbonyl (C=O) groups excluding carboxylic acids is 1. The van der Waals surface area contributed by atoms with E-state index in [-0.39, 0.29) is 18.7 Å². The minimum Gasteiger partial charge on any atom is -0.397 e. The molecule has 0 saturated carbocycles. The predicted octanol–water partition coefficient (Wildman–Crippen LogP) is 1.65. The van der Waals surface area contributed by atoms with E-state index in [2.05, 4.69) is 19.2 Å². The van der Waals surface area contributed by atoms with Gasteiger partial charge in [-0.25, -0.2) is 0 Å². The van der Waals surface area contributed by atoms with Gasteiger partial charge in [-0.15, -0.1) is 0 Å². The second-order valence-corrected chi connectivity index (χ2v) is 6.76. The van der Waals surface area contributed by atoms with Gasteiger partial charge in [0.25, 0.3) is 0 Å².